The van der Waals surface area contributed by atoms with Crippen molar-refractivity contribution < 1.29 is 13.9 Å². The molecule has 1 N–H and O–H groups in total. The van der Waals surface area contributed by atoms with Gasteiger partial charge in [0.25, 0.3) is 0 Å². The molecule has 0 atom stereocenters. The first-order valence-electron chi connectivity index (χ1n) is 9.73. The second-order valence-corrected chi connectivity index (χ2v) is 7.63. The van der Waals surface area contributed by atoms with Crippen molar-refractivity contribution in [2.24, 2.45) is 0 Å². The quantitative estimate of drug-likeness (QED) is 0.351. The van der Waals surface area contributed by atoms with Crippen LogP contribution in [0.4, 0.5) is 5.69 Å². The third kappa shape index (κ3) is 5.99. The smallest absolute Gasteiger partial charge is 0.247 e. The number of halogens is 1. The molecule has 0 aliphatic carbocycles. The number of benzene rings is 2. The van der Waals surface area contributed by atoms with Gasteiger partial charge in [0, 0.05) is 28.9 Å². The predicted octanol–water partition coefficient (Wildman–Crippen LogP) is 5.65. The fraction of sp³-hybridized carbons (Fsp3) is 0.130. The average molecular weight is 479 g/mol. The van der Waals surface area contributed by atoms with Gasteiger partial charge in [-0.1, -0.05) is 40.2 Å². The molecule has 7 nitrogen and oxygen atoms in total. The molecular formula is C23H19BrN4O3. The highest BCUT2D eigenvalue weighted by molar-refractivity contribution is 9.10. The van der Waals surface area contributed by atoms with Crippen LogP contribution in [0.2, 0.25) is 0 Å². The van der Waals surface area contributed by atoms with E-state index in [4.69, 9.17) is 9.15 Å². The lowest BCUT2D eigenvalue weighted by atomic mass is 10.2. The van der Waals surface area contributed by atoms with Crippen LogP contribution in [0.15, 0.2) is 81.8 Å². The minimum Gasteiger partial charge on any atom is -0.439 e. The van der Waals surface area contributed by atoms with Crippen molar-refractivity contribution >= 4 is 27.5 Å². The van der Waals surface area contributed by atoms with E-state index in [0.29, 0.717) is 48.4 Å². The molecule has 8 heteroatoms. The Morgan fingerprint density at radius 2 is 1.90 bits per heavy atom. The van der Waals surface area contributed by atoms with Crippen LogP contribution < -0.4 is 10.1 Å². The summed E-state index contributed by atoms with van der Waals surface area (Å²) >= 11 is 3.40. The number of rotatable bonds is 8. The lowest BCUT2D eigenvalue weighted by molar-refractivity contribution is -0.116. The van der Waals surface area contributed by atoms with E-state index in [9.17, 15) is 4.79 Å². The van der Waals surface area contributed by atoms with Gasteiger partial charge in [0.1, 0.15) is 5.75 Å². The Bertz CT molecular complexity index is 1150. The van der Waals surface area contributed by atoms with Crippen molar-refractivity contribution in [2.45, 2.75) is 19.3 Å². The zero-order chi connectivity index (χ0) is 21.5. The monoisotopic (exact) mass is 478 g/mol. The highest BCUT2D eigenvalue weighted by atomic mass is 79.9. The van der Waals surface area contributed by atoms with Crippen LogP contribution in [0.3, 0.4) is 0 Å². The number of hydrogen-bond acceptors (Lipinski definition) is 6. The Morgan fingerprint density at radius 3 is 2.68 bits per heavy atom. The van der Waals surface area contributed by atoms with E-state index in [1.165, 1.54) is 0 Å². The third-order valence-electron chi connectivity index (χ3n) is 4.32. The summed E-state index contributed by atoms with van der Waals surface area (Å²) in [6.45, 7) is 0. The molecule has 0 unspecified atom stereocenters. The average Bonchev–Trinajstić information content (AvgIpc) is 3.25. The predicted molar refractivity (Wildman–Crippen MR) is 120 cm³/mol. The summed E-state index contributed by atoms with van der Waals surface area (Å²) in [6, 6.07) is 20.5. The SMILES string of the molecule is O=C(CCCc1nnc(-c2ccccc2)o1)Nc1ccc(Oc2cccc(Br)c2)nc1. The molecule has 2 heterocycles. The lowest BCUT2D eigenvalue weighted by Crippen LogP contribution is -2.11. The van der Waals surface area contributed by atoms with Gasteiger partial charge in [-0.25, -0.2) is 4.98 Å². The Kier molecular flexibility index (Phi) is 6.68. The fourth-order valence-electron chi connectivity index (χ4n) is 2.84. The number of pyridine rings is 1. The number of nitrogens with zero attached hydrogens (tertiary/aromatic N) is 3. The van der Waals surface area contributed by atoms with Gasteiger partial charge in [0.2, 0.25) is 23.6 Å². The summed E-state index contributed by atoms with van der Waals surface area (Å²) in [5.41, 5.74) is 1.48. The normalized spacial score (nSPS) is 10.6. The number of amides is 1. The van der Waals surface area contributed by atoms with Crippen molar-refractivity contribution in [1.29, 1.82) is 0 Å². The first kappa shape index (κ1) is 20.7. The first-order chi connectivity index (χ1) is 15.2. The van der Waals surface area contributed by atoms with Crippen molar-refractivity contribution in [1.82, 2.24) is 15.2 Å². The molecule has 0 saturated carbocycles. The van der Waals surface area contributed by atoms with Gasteiger partial charge < -0.3 is 14.5 Å². The van der Waals surface area contributed by atoms with E-state index in [0.717, 1.165) is 10.0 Å². The van der Waals surface area contributed by atoms with Crippen LogP contribution >= 0.6 is 15.9 Å². The molecule has 0 bridgehead atoms. The van der Waals surface area contributed by atoms with Gasteiger partial charge in [0.15, 0.2) is 0 Å². The summed E-state index contributed by atoms with van der Waals surface area (Å²) in [5, 5.41) is 10.9. The topological polar surface area (TPSA) is 90.1 Å². The molecule has 31 heavy (non-hydrogen) atoms. The maximum atomic E-state index is 12.2. The largest absolute Gasteiger partial charge is 0.439 e. The van der Waals surface area contributed by atoms with Gasteiger partial charge >= 0.3 is 0 Å². The minimum absolute atomic E-state index is 0.106. The van der Waals surface area contributed by atoms with Crippen molar-refractivity contribution in [3.8, 4) is 23.1 Å². The van der Waals surface area contributed by atoms with E-state index in [-0.39, 0.29) is 5.91 Å². The molecule has 0 spiro atoms. The summed E-state index contributed by atoms with van der Waals surface area (Å²) in [5.74, 6) is 2.01. The number of ether oxygens (including phenoxy) is 1. The number of aryl methyl sites for hydroxylation is 1. The molecule has 1 amide bonds. The van der Waals surface area contributed by atoms with Crippen LogP contribution in [-0.4, -0.2) is 21.1 Å². The molecule has 156 valence electrons. The molecule has 4 rings (SSSR count). The standard InChI is InChI=1S/C23H19BrN4O3/c24-17-8-4-9-19(14-17)30-21-13-12-18(15-25-21)26-20(29)10-5-11-22-27-28-23(31-22)16-6-2-1-3-7-16/h1-4,6-9,12-15H,5,10-11H2,(H,26,29). The number of carbonyl (C=O) groups is 1. The molecule has 0 aliphatic rings. The summed E-state index contributed by atoms with van der Waals surface area (Å²) in [6.07, 6.45) is 3.03. The van der Waals surface area contributed by atoms with E-state index in [1.54, 1.807) is 18.3 Å². The molecule has 0 fully saturated rings. The van der Waals surface area contributed by atoms with Gasteiger partial charge in [-0.15, -0.1) is 10.2 Å². The number of hydrogen-bond donors (Lipinski definition) is 1. The third-order valence-corrected chi connectivity index (χ3v) is 4.81. The Balaban J connectivity index is 1.23. The second kappa shape index (κ2) is 9.99. The van der Waals surface area contributed by atoms with Crippen molar-refractivity contribution in [2.75, 3.05) is 5.32 Å². The highest BCUT2D eigenvalue weighted by Gasteiger charge is 2.10. The van der Waals surface area contributed by atoms with Crippen LogP contribution in [0.1, 0.15) is 18.7 Å². The van der Waals surface area contributed by atoms with E-state index in [1.807, 2.05) is 54.6 Å². The minimum atomic E-state index is -0.106. The van der Waals surface area contributed by atoms with Gasteiger partial charge in [-0.05, 0) is 42.8 Å². The van der Waals surface area contributed by atoms with Crippen LogP contribution in [0, 0.1) is 0 Å². The summed E-state index contributed by atoms with van der Waals surface area (Å²) < 4.78 is 12.3. The van der Waals surface area contributed by atoms with E-state index in [2.05, 4.69) is 36.4 Å². The molecule has 0 radical (unpaired) electrons. The van der Waals surface area contributed by atoms with Crippen LogP contribution in [-0.2, 0) is 11.2 Å². The molecule has 0 saturated heterocycles. The maximum absolute atomic E-state index is 12.2. The number of anilines is 1. The van der Waals surface area contributed by atoms with Gasteiger partial charge in [-0.2, -0.15) is 0 Å². The Morgan fingerprint density at radius 1 is 1.03 bits per heavy atom. The maximum Gasteiger partial charge on any atom is 0.247 e. The summed E-state index contributed by atoms with van der Waals surface area (Å²) in [4.78, 5) is 16.4. The van der Waals surface area contributed by atoms with Crippen molar-refractivity contribution in [3.05, 3.63) is 83.3 Å². The van der Waals surface area contributed by atoms with Crippen molar-refractivity contribution in [3.63, 3.8) is 0 Å². The Hall–Kier alpha value is -3.52. The second-order valence-electron chi connectivity index (χ2n) is 6.71. The number of carbonyl (C=O) groups excluding carboxylic acids is 1. The van der Waals surface area contributed by atoms with Gasteiger partial charge in [0.05, 0.1) is 11.9 Å². The zero-order valence-corrected chi connectivity index (χ0v) is 18.1. The zero-order valence-electron chi connectivity index (χ0n) is 16.5. The lowest BCUT2D eigenvalue weighted by Gasteiger charge is -2.07. The van der Waals surface area contributed by atoms with E-state index < -0.39 is 0 Å². The number of nitrogens with one attached hydrogen (secondary N) is 1. The first-order valence-corrected chi connectivity index (χ1v) is 10.5. The molecular weight excluding hydrogens is 460 g/mol. The molecule has 0 aliphatic heterocycles. The highest BCUT2D eigenvalue weighted by Crippen LogP contribution is 2.23. The summed E-state index contributed by atoms with van der Waals surface area (Å²) in [7, 11) is 0. The number of aromatic nitrogens is 3. The fourth-order valence-corrected chi connectivity index (χ4v) is 3.22. The van der Waals surface area contributed by atoms with Crippen LogP contribution in [0.5, 0.6) is 11.6 Å². The molecule has 4 aromatic rings. The van der Waals surface area contributed by atoms with Crippen LogP contribution in [0.25, 0.3) is 11.5 Å². The molecule has 2 aromatic heterocycles. The van der Waals surface area contributed by atoms with Gasteiger partial charge in [-0.3, -0.25) is 4.79 Å². The Labute approximate surface area is 187 Å². The van der Waals surface area contributed by atoms with E-state index >= 15 is 0 Å². The molecule has 2 aromatic carbocycles.